The number of hydrogen-bond donors (Lipinski definition) is 1. The second-order valence-corrected chi connectivity index (χ2v) is 6.23. The van der Waals surface area contributed by atoms with Crippen molar-refractivity contribution in [3.05, 3.63) is 51.6 Å². The lowest BCUT2D eigenvalue weighted by Gasteiger charge is -2.18. The van der Waals surface area contributed by atoms with E-state index in [0.717, 1.165) is 9.22 Å². The molecular weight excluding hydrogens is 424 g/mol. The van der Waals surface area contributed by atoms with Crippen molar-refractivity contribution in [2.75, 3.05) is 11.9 Å². The molecule has 0 aliphatic rings. The summed E-state index contributed by atoms with van der Waals surface area (Å²) in [5.41, 5.74) is 1.36. The minimum Gasteiger partial charge on any atom is -0.478 e. The van der Waals surface area contributed by atoms with E-state index in [1.165, 1.54) is 18.2 Å². The molecule has 0 radical (unpaired) electrons. The van der Waals surface area contributed by atoms with Crippen molar-refractivity contribution in [3.8, 4) is 11.8 Å². The zero-order valence-corrected chi connectivity index (χ0v) is 14.9. The molecule has 3 aromatic rings. The summed E-state index contributed by atoms with van der Waals surface area (Å²) in [7, 11) is 0. The highest BCUT2D eigenvalue weighted by Crippen LogP contribution is 2.28. The van der Waals surface area contributed by atoms with E-state index in [4.69, 9.17) is 10.00 Å². The van der Waals surface area contributed by atoms with Gasteiger partial charge in [-0.1, -0.05) is 0 Å². The molecule has 2 aromatic heterocycles. The smallest absolute Gasteiger partial charge is 0.174 e. The van der Waals surface area contributed by atoms with Crippen LogP contribution in [0.15, 0.2) is 36.7 Å². The fourth-order valence-electron chi connectivity index (χ4n) is 2.32. The summed E-state index contributed by atoms with van der Waals surface area (Å²) < 4.78 is 21.6. The lowest BCUT2D eigenvalue weighted by molar-refractivity contribution is 0.361. The Bertz CT molecular complexity index is 920. The molecule has 2 heterocycles. The van der Waals surface area contributed by atoms with Gasteiger partial charge >= 0.3 is 0 Å². The van der Waals surface area contributed by atoms with Gasteiger partial charge in [-0.2, -0.15) is 10.4 Å². The van der Waals surface area contributed by atoms with Crippen molar-refractivity contribution in [1.29, 1.82) is 5.26 Å². The maximum atomic E-state index is 13.6. The molecule has 1 unspecified atom stereocenters. The largest absolute Gasteiger partial charge is 0.478 e. The minimum absolute atomic E-state index is 0.0937. The van der Waals surface area contributed by atoms with Crippen LogP contribution in [0, 0.1) is 20.7 Å². The second kappa shape index (κ2) is 7.00. The van der Waals surface area contributed by atoms with Crippen molar-refractivity contribution in [1.82, 2.24) is 14.6 Å². The number of ether oxygens (including phenoxy) is 1. The zero-order chi connectivity index (χ0) is 17.1. The number of fused-ring (bicyclic) bond motifs is 1. The van der Waals surface area contributed by atoms with Crippen LogP contribution in [0.25, 0.3) is 5.65 Å². The molecule has 1 N–H and O–H groups in total. The first kappa shape index (κ1) is 16.4. The molecule has 3 rings (SSSR count). The molecule has 0 bridgehead atoms. The van der Waals surface area contributed by atoms with Crippen LogP contribution in [0.5, 0.6) is 5.75 Å². The Kier molecular flexibility index (Phi) is 4.80. The maximum absolute atomic E-state index is 13.6. The van der Waals surface area contributed by atoms with Gasteiger partial charge in [0.1, 0.15) is 23.5 Å². The Morgan fingerprint density at radius 2 is 2.29 bits per heavy atom. The van der Waals surface area contributed by atoms with Crippen LogP contribution in [-0.2, 0) is 0 Å². The van der Waals surface area contributed by atoms with Gasteiger partial charge in [-0.3, -0.25) is 0 Å². The number of halogens is 2. The SMILES string of the molecule is CC(Nc1ccn2ncc(I)c2n1)c1cc(F)ccc1OCC#N. The molecule has 0 saturated carbocycles. The highest BCUT2D eigenvalue weighted by atomic mass is 127. The average Bonchev–Trinajstić information content (AvgIpc) is 2.94. The first-order chi connectivity index (χ1) is 11.6. The van der Waals surface area contributed by atoms with Gasteiger partial charge in [-0.15, -0.1) is 0 Å². The summed E-state index contributed by atoms with van der Waals surface area (Å²) in [6, 6.07) is 7.67. The van der Waals surface area contributed by atoms with Crippen molar-refractivity contribution in [3.63, 3.8) is 0 Å². The van der Waals surface area contributed by atoms with E-state index in [0.29, 0.717) is 17.1 Å². The van der Waals surface area contributed by atoms with Gasteiger partial charge in [0.25, 0.3) is 0 Å². The molecule has 0 spiro atoms. The van der Waals surface area contributed by atoms with Crippen molar-refractivity contribution in [2.24, 2.45) is 0 Å². The number of nitriles is 1. The van der Waals surface area contributed by atoms with Crippen LogP contribution in [0.1, 0.15) is 18.5 Å². The third-order valence-corrected chi connectivity index (χ3v) is 4.18. The third kappa shape index (κ3) is 3.41. The Hall–Kier alpha value is -2.41. The van der Waals surface area contributed by atoms with E-state index >= 15 is 0 Å². The van der Waals surface area contributed by atoms with Gasteiger partial charge < -0.3 is 10.1 Å². The molecule has 6 nitrogen and oxygen atoms in total. The van der Waals surface area contributed by atoms with Gasteiger partial charge in [0.2, 0.25) is 0 Å². The normalized spacial score (nSPS) is 11.9. The number of hydrogen-bond acceptors (Lipinski definition) is 5. The molecule has 0 amide bonds. The fourth-order valence-corrected chi connectivity index (χ4v) is 2.81. The van der Waals surface area contributed by atoms with Crippen LogP contribution >= 0.6 is 22.6 Å². The lowest BCUT2D eigenvalue weighted by Crippen LogP contribution is -2.11. The topological polar surface area (TPSA) is 75.2 Å². The molecular formula is C16H13FIN5O. The predicted molar refractivity (Wildman–Crippen MR) is 95.2 cm³/mol. The summed E-state index contributed by atoms with van der Waals surface area (Å²) >= 11 is 2.17. The summed E-state index contributed by atoms with van der Waals surface area (Å²) in [5.74, 6) is 0.749. The molecule has 1 aromatic carbocycles. The standard InChI is InChI=1S/C16H13FIN5O/c1-10(12-8-11(17)2-3-14(12)24-7-5-19)21-15-4-6-23-16(22-15)13(18)9-20-23/h2-4,6,8-10H,7H2,1H3,(H,21,22). The molecule has 24 heavy (non-hydrogen) atoms. The number of nitrogens with zero attached hydrogens (tertiary/aromatic N) is 4. The second-order valence-electron chi connectivity index (χ2n) is 5.07. The van der Waals surface area contributed by atoms with E-state index < -0.39 is 0 Å². The summed E-state index contributed by atoms with van der Waals surface area (Å²) in [6.45, 7) is 1.78. The summed E-state index contributed by atoms with van der Waals surface area (Å²) in [4.78, 5) is 4.51. The van der Waals surface area contributed by atoms with Crippen molar-refractivity contribution >= 4 is 34.1 Å². The van der Waals surface area contributed by atoms with E-state index in [-0.39, 0.29) is 18.5 Å². The maximum Gasteiger partial charge on any atom is 0.174 e. The molecule has 0 saturated heterocycles. The van der Waals surface area contributed by atoms with E-state index in [9.17, 15) is 4.39 Å². The van der Waals surface area contributed by atoms with Gasteiger partial charge in [0.05, 0.1) is 15.8 Å². The van der Waals surface area contributed by atoms with Crippen LogP contribution in [0.2, 0.25) is 0 Å². The van der Waals surface area contributed by atoms with Gasteiger partial charge in [-0.05, 0) is 53.8 Å². The number of anilines is 1. The summed E-state index contributed by atoms with van der Waals surface area (Å²) in [5, 5.41) is 16.1. The predicted octanol–water partition coefficient (Wildman–Crippen LogP) is 3.55. The van der Waals surface area contributed by atoms with Crippen LogP contribution < -0.4 is 10.1 Å². The summed E-state index contributed by atoms with van der Waals surface area (Å²) in [6.07, 6.45) is 3.54. The minimum atomic E-state index is -0.364. The van der Waals surface area contributed by atoms with Gasteiger partial charge in [0, 0.05) is 11.8 Å². The van der Waals surface area contributed by atoms with E-state index in [1.54, 1.807) is 23.0 Å². The zero-order valence-electron chi connectivity index (χ0n) is 12.7. The number of aromatic nitrogens is 3. The number of benzene rings is 1. The molecule has 8 heteroatoms. The van der Waals surface area contributed by atoms with Gasteiger partial charge in [0.15, 0.2) is 12.3 Å². The van der Waals surface area contributed by atoms with Crippen molar-refractivity contribution in [2.45, 2.75) is 13.0 Å². The average molecular weight is 437 g/mol. The highest BCUT2D eigenvalue weighted by Gasteiger charge is 2.14. The van der Waals surface area contributed by atoms with Crippen LogP contribution in [0.4, 0.5) is 10.2 Å². The monoisotopic (exact) mass is 437 g/mol. The first-order valence-electron chi connectivity index (χ1n) is 7.14. The van der Waals surface area contributed by atoms with Gasteiger partial charge in [-0.25, -0.2) is 13.9 Å². The first-order valence-corrected chi connectivity index (χ1v) is 8.22. The Morgan fingerprint density at radius 3 is 3.08 bits per heavy atom. The molecule has 0 fully saturated rings. The van der Waals surface area contributed by atoms with E-state index in [2.05, 4.69) is 38.0 Å². The molecule has 1 atom stereocenters. The van der Waals surface area contributed by atoms with Crippen LogP contribution in [-0.4, -0.2) is 21.2 Å². The lowest BCUT2D eigenvalue weighted by atomic mass is 10.1. The quantitative estimate of drug-likeness (QED) is 0.619. The van der Waals surface area contributed by atoms with Crippen molar-refractivity contribution < 1.29 is 9.13 Å². The third-order valence-electron chi connectivity index (χ3n) is 3.42. The Morgan fingerprint density at radius 1 is 1.46 bits per heavy atom. The molecule has 0 aliphatic carbocycles. The Balaban J connectivity index is 1.87. The fraction of sp³-hybridized carbons (Fsp3) is 0.188. The van der Waals surface area contributed by atoms with E-state index in [1.807, 2.05) is 13.0 Å². The Labute approximate surface area is 151 Å². The highest BCUT2D eigenvalue weighted by molar-refractivity contribution is 14.1. The van der Waals surface area contributed by atoms with Crippen LogP contribution in [0.3, 0.4) is 0 Å². The number of rotatable bonds is 5. The molecule has 122 valence electrons. The molecule has 0 aliphatic heterocycles. The number of nitrogens with one attached hydrogen (secondary N) is 1.